The van der Waals surface area contributed by atoms with Crippen molar-refractivity contribution in [1.82, 2.24) is 5.01 Å². The van der Waals surface area contributed by atoms with Crippen molar-refractivity contribution in [3.05, 3.63) is 11.8 Å². The number of halogens is 1. The van der Waals surface area contributed by atoms with Crippen LogP contribution in [0.25, 0.3) is 0 Å². The molecule has 0 saturated carbocycles. The minimum atomic E-state index is 0.210. The van der Waals surface area contributed by atoms with Crippen LogP contribution in [0.4, 0.5) is 0 Å². The molecule has 11 heavy (non-hydrogen) atoms. The Labute approximate surface area is 69.0 Å². The van der Waals surface area contributed by atoms with Gasteiger partial charge in [0.15, 0.2) is 5.84 Å². The molecule has 2 N–H and O–H groups in total. The molecule has 0 aromatic carbocycles. The number of hydrogen-bond acceptors (Lipinski definition) is 4. The molecule has 5 heteroatoms. The van der Waals surface area contributed by atoms with Crippen molar-refractivity contribution in [2.75, 3.05) is 6.54 Å². The minimum Gasteiger partial charge on any atom is -0.382 e. The standard InChI is InChI=1S/C6H7ClN4/c7-6-9-5(8)4-2-1-3-11(4)10-6/h2H,1,3H2,(H2,8,9,10). The third-order valence-electron chi connectivity index (χ3n) is 1.64. The summed E-state index contributed by atoms with van der Waals surface area (Å²) >= 11 is 5.59. The van der Waals surface area contributed by atoms with Crippen molar-refractivity contribution in [1.29, 1.82) is 0 Å². The molecule has 0 aromatic heterocycles. The molecular formula is C6H7ClN4. The summed E-state index contributed by atoms with van der Waals surface area (Å²) in [6, 6.07) is 0. The SMILES string of the molecule is NC1=NC(Cl)=NN2CCC=C12. The van der Waals surface area contributed by atoms with Crippen LogP contribution in [-0.4, -0.2) is 22.7 Å². The first-order valence-corrected chi connectivity index (χ1v) is 3.71. The second-order valence-electron chi connectivity index (χ2n) is 2.37. The van der Waals surface area contributed by atoms with E-state index in [0.717, 1.165) is 18.7 Å². The van der Waals surface area contributed by atoms with Crippen LogP contribution < -0.4 is 5.73 Å². The van der Waals surface area contributed by atoms with E-state index < -0.39 is 0 Å². The molecule has 0 radical (unpaired) electrons. The van der Waals surface area contributed by atoms with Crippen LogP contribution in [0.15, 0.2) is 21.9 Å². The molecule has 0 fully saturated rings. The molecule has 0 aromatic rings. The molecule has 0 bridgehead atoms. The maximum absolute atomic E-state index is 5.59. The van der Waals surface area contributed by atoms with E-state index in [-0.39, 0.29) is 5.29 Å². The number of fused-ring (bicyclic) bond motifs is 1. The molecule has 0 spiro atoms. The van der Waals surface area contributed by atoms with E-state index in [1.807, 2.05) is 6.08 Å². The lowest BCUT2D eigenvalue weighted by Crippen LogP contribution is -2.29. The number of hydrogen-bond donors (Lipinski definition) is 1. The number of hydrazone groups is 1. The highest BCUT2D eigenvalue weighted by atomic mass is 35.5. The van der Waals surface area contributed by atoms with E-state index in [4.69, 9.17) is 17.3 Å². The van der Waals surface area contributed by atoms with Crippen LogP contribution in [0.5, 0.6) is 0 Å². The topological polar surface area (TPSA) is 54.0 Å². The first kappa shape index (κ1) is 6.67. The second-order valence-corrected chi connectivity index (χ2v) is 2.71. The van der Waals surface area contributed by atoms with Gasteiger partial charge in [-0.05, 0) is 18.0 Å². The zero-order chi connectivity index (χ0) is 7.84. The van der Waals surface area contributed by atoms with Gasteiger partial charge < -0.3 is 5.73 Å². The Bertz CT molecular complexity index is 278. The van der Waals surface area contributed by atoms with Crippen LogP contribution in [-0.2, 0) is 0 Å². The van der Waals surface area contributed by atoms with E-state index in [1.54, 1.807) is 5.01 Å². The molecule has 58 valence electrons. The minimum absolute atomic E-state index is 0.210. The highest BCUT2D eigenvalue weighted by Gasteiger charge is 2.21. The van der Waals surface area contributed by atoms with Gasteiger partial charge in [-0.3, -0.25) is 5.01 Å². The number of nitrogens with two attached hydrogens (primary N) is 1. The maximum Gasteiger partial charge on any atom is 0.242 e. The van der Waals surface area contributed by atoms with Gasteiger partial charge in [0.2, 0.25) is 5.29 Å². The lowest BCUT2D eigenvalue weighted by atomic mass is 10.4. The van der Waals surface area contributed by atoms with Gasteiger partial charge in [0, 0.05) is 6.54 Å². The van der Waals surface area contributed by atoms with Crippen molar-refractivity contribution in [2.24, 2.45) is 15.8 Å². The molecule has 2 aliphatic rings. The van der Waals surface area contributed by atoms with Gasteiger partial charge in [-0.1, -0.05) is 6.08 Å². The maximum atomic E-state index is 5.59. The Morgan fingerprint density at radius 3 is 3.27 bits per heavy atom. The number of nitrogens with zero attached hydrogens (tertiary/aromatic N) is 3. The largest absolute Gasteiger partial charge is 0.382 e. The fourth-order valence-corrected chi connectivity index (χ4v) is 1.35. The van der Waals surface area contributed by atoms with Crippen LogP contribution >= 0.6 is 11.6 Å². The Morgan fingerprint density at radius 1 is 1.64 bits per heavy atom. The highest BCUT2D eigenvalue weighted by Crippen LogP contribution is 2.19. The number of rotatable bonds is 0. The Hall–Kier alpha value is -1.03. The first-order valence-electron chi connectivity index (χ1n) is 3.34. The van der Waals surface area contributed by atoms with Gasteiger partial charge in [0.05, 0.1) is 5.70 Å². The lowest BCUT2D eigenvalue weighted by molar-refractivity contribution is 0.414. The third-order valence-corrected chi connectivity index (χ3v) is 1.80. The molecular weight excluding hydrogens is 164 g/mol. The number of aliphatic imine (C=N–C) groups is 1. The van der Waals surface area contributed by atoms with Crippen molar-refractivity contribution < 1.29 is 0 Å². The third kappa shape index (κ3) is 0.991. The number of amidine groups is 2. The van der Waals surface area contributed by atoms with Gasteiger partial charge in [-0.2, -0.15) is 4.99 Å². The zero-order valence-electron chi connectivity index (χ0n) is 5.79. The average molecular weight is 171 g/mol. The molecule has 0 atom stereocenters. The fraction of sp³-hybridized carbons (Fsp3) is 0.333. The van der Waals surface area contributed by atoms with E-state index in [1.165, 1.54) is 0 Å². The molecule has 0 unspecified atom stereocenters. The smallest absolute Gasteiger partial charge is 0.242 e. The summed E-state index contributed by atoms with van der Waals surface area (Å²) < 4.78 is 0. The molecule has 0 saturated heterocycles. The average Bonchev–Trinajstić information content (AvgIpc) is 2.34. The van der Waals surface area contributed by atoms with Gasteiger partial charge in [-0.15, -0.1) is 5.10 Å². The Morgan fingerprint density at radius 2 is 2.45 bits per heavy atom. The Balaban J connectivity index is 2.40. The highest BCUT2D eigenvalue weighted by molar-refractivity contribution is 6.65. The fourth-order valence-electron chi connectivity index (χ4n) is 1.17. The van der Waals surface area contributed by atoms with Crippen LogP contribution in [0.2, 0.25) is 0 Å². The molecule has 0 amide bonds. The summed E-state index contributed by atoms with van der Waals surface area (Å²) in [5.74, 6) is 0.461. The van der Waals surface area contributed by atoms with Crippen LogP contribution in [0.1, 0.15) is 6.42 Å². The summed E-state index contributed by atoms with van der Waals surface area (Å²) in [4.78, 5) is 3.83. The Kier molecular flexibility index (Phi) is 1.35. The first-order chi connectivity index (χ1) is 5.27. The molecule has 4 nitrogen and oxygen atoms in total. The van der Waals surface area contributed by atoms with Crippen LogP contribution in [0, 0.1) is 0 Å². The second kappa shape index (κ2) is 2.23. The predicted molar refractivity (Wildman–Crippen MR) is 44.3 cm³/mol. The lowest BCUT2D eigenvalue weighted by Gasteiger charge is -2.18. The van der Waals surface area contributed by atoms with Gasteiger partial charge in [0.25, 0.3) is 0 Å². The van der Waals surface area contributed by atoms with Crippen molar-refractivity contribution in [3.63, 3.8) is 0 Å². The van der Waals surface area contributed by atoms with Crippen molar-refractivity contribution in [3.8, 4) is 0 Å². The predicted octanol–water partition coefficient (Wildman–Crippen LogP) is 0.457. The summed E-state index contributed by atoms with van der Waals surface area (Å²) in [6.07, 6.45) is 2.96. The zero-order valence-corrected chi connectivity index (χ0v) is 6.54. The summed E-state index contributed by atoms with van der Waals surface area (Å²) in [6.45, 7) is 0.849. The van der Waals surface area contributed by atoms with Crippen LogP contribution in [0.3, 0.4) is 0 Å². The van der Waals surface area contributed by atoms with Gasteiger partial charge in [0.1, 0.15) is 0 Å². The van der Waals surface area contributed by atoms with Crippen molar-refractivity contribution >= 4 is 22.7 Å². The van der Waals surface area contributed by atoms with Gasteiger partial charge in [-0.25, -0.2) is 0 Å². The normalized spacial score (nSPS) is 22.3. The van der Waals surface area contributed by atoms with E-state index >= 15 is 0 Å². The van der Waals surface area contributed by atoms with E-state index in [0.29, 0.717) is 5.84 Å². The molecule has 2 heterocycles. The van der Waals surface area contributed by atoms with E-state index in [9.17, 15) is 0 Å². The quantitative estimate of drug-likeness (QED) is 0.537. The monoisotopic (exact) mass is 170 g/mol. The summed E-state index contributed by atoms with van der Waals surface area (Å²) in [7, 11) is 0. The molecule has 2 rings (SSSR count). The van der Waals surface area contributed by atoms with E-state index in [2.05, 4.69) is 10.1 Å². The van der Waals surface area contributed by atoms with Gasteiger partial charge >= 0.3 is 0 Å². The molecule has 0 aliphatic carbocycles. The molecule has 2 aliphatic heterocycles. The summed E-state index contributed by atoms with van der Waals surface area (Å²) in [5, 5.41) is 5.95. The van der Waals surface area contributed by atoms with Crippen molar-refractivity contribution in [2.45, 2.75) is 6.42 Å². The summed E-state index contributed by atoms with van der Waals surface area (Å²) in [5.41, 5.74) is 6.47.